The van der Waals surface area contributed by atoms with Gasteiger partial charge in [-0.1, -0.05) is 79.1 Å². The molecule has 0 atom stereocenters. The Hall–Kier alpha value is -1.32. The van der Waals surface area contributed by atoms with Crippen molar-refractivity contribution in [2.24, 2.45) is 0 Å². The van der Waals surface area contributed by atoms with E-state index in [1.165, 1.54) is 56.0 Å². The van der Waals surface area contributed by atoms with Crippen LogP contribution in [0.15, 0.2) is 0 Å². The molecule has 0 saturated carbocycles. The number of rotatable bonds is 6. The molecule has 0 radical (unpaired) electrons. The highest BCUT2D eigenvalue weighted by Crippen LogP contribution is 2.21. The first-order valence-electron chi connectivity index (χ1n) is 9.86. The predicted molar refractivity (Wildman–Crippen MR) is 105 cm³/mol. The number of anilines is 1. The normalized spacial score (nSPS) is 12.3. The SMILES string of the molecule is CCCCCC.CCCCCC.Cc1nn2c(c1C)NCCC2=O. The number of aromatic nitrogens is 2. The van der Waals surface area contributed by atoms with Crippen molar-refractivity contribution in [2.45, 2.75) is 99.3 Å². The lowest BCUT2D eigenvalue weighted by Crippen LogP contribution is -2.25. The van der Waals surface area contributed by atoms with Crippen LogP contribution in [0.4, 0.5) is 5.82 Å². The van der Waals surface area contributed by atoms with Crippen molar-refractivity contribution in [1.82, 2.24) is 9.78 Å². The molecule has 2 rings (SSSR count). The fourth-order valence-electron chi connectivity index (χ4n) is 2.39. The van der Waals surface area contributed by atoms with Gasteiger partial charge >= 0.3 is 0 Å². The summed E-state index contributed by atoms with van der Waals surface area (Å²) in [7, 11) is 0. The molecule has 0 unspecified atom stereocenters. The van der Waals surface area contributed by atoms with E-state index in [2.05, 4.69) is 38.1 Å². The zero-order chi connectivity index (χ0) is 18.4. The van der Waals surface area contributed by atoms with Crippen molar-refractivity contribution in [3.8, 4) is 0 Å². The number of nitrogens with zero attached hydrogens (tertiary/aromatic N) is 2. The van der Waals surface area contributed by atoms with Crippen LogP contribution in [0.3, 0.4) is 0 Å². The molecule has 4 heteroatoms. The Kier molecular flexibility index (Phi) is 13.3. The smallest absolute Gasteiger partial charge is 0.250 e. The summed E-state index contributed by atoms with van der Waals surface area (Å²) in [6.07, 6.45) is 11.6. The van der Waals surface area contributed by atoms with Gasteiger partial charge in [0.2, 0.25) is 0 Å². The van der Waals surface area contributed by atoms with Gasteiger partial charge in [0.05, 0.1) is 5.69 Å². The third-order valence-corrected chi connectivity index (χ3v) is 4.14. The lowest BCUT2D eigenvalue weighted by molar-refractivity contribution is 0.0886. The standard InChI is InChI=1S/C8H11N3O.2C6H14/c1-5-6(2)10-11-7(12)3-4-9-8(5)11;2*1-3-5-6-4-2/h9H,3-4H2,1-2H3;2*3-6H2,1-2H3. The van der Waals surface area contributed by atoms with E-state index in [1.54, 1.807) is 0 Å². The summed E-state index contributed by atoms with van der Waals surface area (Å²) in [5.74, 6) is 0.948. The second-order valence-corrected chi connectivity index (χ2v) is 6.46. The third kappa shape index (κ3) is 8.51. The molecule has 2 heterocycles. The molecule has 24 heavy (non-hydrogen) atoms. The number of hydrogen-bond acceptors (Lipinski definition) is 3. The summed E-state index contributed by atoms with van der Waals surface area (Å²) < 4.78 is 1.47. The average molecular weight is 338 g/mol. The molecule has 0 aromatic carbocycles. The maximum absolute atomic E-state index is 11.3. The average Bonchev–Trinajstić information content (AvgIpc) is 2.89. The largest absolute Gasteiger partial charge is 0.369 e. The molecule has 1 aromatic heterocycles. The van der Waals surface area contributed by atoms with Crippen LogP contribution < -0.4 is 5.32 Å². The van der Waals surface area contributed by atoms with Crippen molar-refractivity contribution < 1.29 is 4.79 Å². The Morgan fingerprint density at radius 1 is 0.917 bits per heavy atom. The number of aryl methyl sites for hydroxylation is 1. The molecule has 1 N–H and O–H groups in total. The first kappa shape index (κ1) is 22.7. The van der Waals surface area contributed by atoms with E-state index in [4.69, 9.17) is 0 Å². The molecule has 0 spiro atoms. The lowest BCUT2D eigenvalue weighted by Gasteiger charge is -2.14. The van der Waals surface area contributed by atoms with Crippen molar-refractivity contribution >= 4 is 11.7 Å². The first-order valence-corrected chi connectivity index (χ1v) is 9.86. The van der Waals surface area contributed by atoms with Gasteiger partial charge in [-0.3, -0.25) is 4.79 Å². The highest BCUT2D eigenvalue weighted by Gasteiger charge is 2.20. The molecule has 140 valence electrons. The van der Waals surface area contributed by atoms with Crippen molar-refractivity contribution in [3.05, 3.63) is 11.3 Å². The Bertz CT molecular complexity index is 436. The predicted octanol–water partition coefficient (Wildman–Crippen LogP) is 6.13. The van der Waals surface area contributed by atoms with E-state index in [-0.39, 0.29) is 5.91 Å². The highest BCUT2D eigenvalue weighted by molar-refractivity contribution is 5.84. The first-order chi connectivity index (χ1) is 11.5. The number of hydrogen-bond donors (Lipinski definition) is 1. The Labute approximate surface area is 149 Å². The second-order valence-electron chi connectivity index (χ2n) is 6.46. The molecular formula is C20H39N3O. The molecule has 0 saturated heterocycles. The number of nitrogens with one attached hydrogen (secondary N) is 1. The maximum atomic E-state index is 11.3. The highest BCUT2D eigenvalue weighted by atomic mass is 16.2. The minimum Gasteiger partial charge on any atom is -0.369 e. The quantitative estimate of drug-likeness (QED) is 0.635. The van der Waals surface area contributed by atoms with E-state index in [0.29, 0.717) is 6.42 Å². The summed E-state index contributed by atoms with van der Waals surface area (Å²) in [4.78, 5) is 11.3. The van der Waals surface area contributed by atoms with Gasteiger partial charge in [-0.25, -0.2) is 0 Å². The molecule has 0 fully saturated rings. The van der Waals surface area contributed by atoms with Gasteiger partial charge in [0.1, 0.15) is 5.82 Å². The number of carbonyl (C=O) groups excluding carboxylic acids is 1. The molecule has 0 aliphatic carbocycles. The maximum Gasteiger partial charge on any atom is 0.250 e. The van der Waals surface area contributed by atoms with Crippen LogP contribution in [0.5, 0.6) is 0 Å². The lowest BCUT2D eigenvalue weighted by atomic mass is 10.2. The van der Waals surface area contributed by atoms with Gasteiger partial charge in [-0.15, -0.1) is 0 Å². The fraction of sp³-hybridized carbons (Fsp3) is 0.800. The van der Waals surface area contributed by atoms with Crippen molar-refractivity contribution in [3.63, 3.8) is 0 Å². The van der Waals surface area contributed by atoms with Gasteiger partial charge in [-0.05, 0) is 13.8 Å². The molecule has 1 aromatic rings. The second kappa shape index (κ2) is 14.1. The van der Waals surface area contributed by atoms with Crippen LogP contribution in [-0.4, -0.2) is 22.2 Å². The minimum absolute atomic E-state index is 0.0833. The Morgan fingerprint density at radius 2 is 1.38 bits per heavy atom. The van der Waals surface area contributed by atoms with Gasteiger partial charge in [0.25, 0.3) is 5.91 Å². The topological polar surface area (TPSA) is 46.9 Å². The molecular weight excluding hydrogens is 298 g/mol. The summed E-state index contributed by atoms with van der Waals surface area (Å²) >= 11 is 0. The summed E-state index contributed by atoms with van der Waals surface area (Å²) in [5, 5.41) is 7.30. The number of fused-ring (bicyclic) bond motifs is 1. The third-order valence-electron chi connectivity index (χ3n) is 4.14. The summed E-state index contributed by atoms with van der Waals surface area (Å²) in [5.41, 5.74) is 2.00. The minimum atomic E-state index is 0.0833. The zero-order valence-corrected chi connectivity index (χ0v) is 16.9. The number of carbonyl (C=O) groups is 1. The molecule has 1 aliphatic rings. The van der Waals surface area contributed by atoms with Gasteiger partial charge in [0.15, 0.2) is 0 Å². The van der Waals surface area contributed by atoms with E-state index in [9.17, 15) is 4.79 Å². The van der Waals surface area contributed by atoms with Crippen molar-refractivity contribution in [2.75, 3.05) is 11.9 Å². The Balaban J connectivity index is 0.000000377. The van der Waals surface area contributed by atoms with Crippen LogP contribution in [0.1, 0.15) is 102 Å². The van der Waals surface area contributed by atoms with Crippen LogP contribution in [0.25, 0.3) is 0 Å². The van der Waals surface area contributed by atoms with Crippen LogP contribution >= 0.6 is 0 Å². The van der Waals surface area contributed by atoms with E-state index < -0.39 is 0 Å². The number of unbranched alkanes of at least 4 members (excludes halogenated alkanes) is 6. The van der Waals surface area contributed by atoms with Gasteiger partial charge in [-0.2, -0.15) is 9.78 Å². The van der Waals surface area contributed by atoms with Crippen molar-refractivity contribution in [1.29, 1.82) is 0 Å². The molecule has 0 amide bonds. The van der Waals surface area contributed by atoms with Gasteiger partial charge < -0.3 is 5.32 Å². The molecule has 4 nitrogen and oxygen atoms in total. The van der Waals surface area contributed by atoms with E-state index >= 15 is 0 Å². The van der Waals surface area contributed by atoms with Gasteiger partial charge in [0, 0.05) is 18.5 Å². The molecule has 0 bridgehead atoms. The zero-order valence-electron chi connectivity index (χ0n) is 16.9. The summed E-state index contributed by atoms with van der Waals surface area (Å²) in [6.45, 7) is 13.5. The fourth-order valence-corrected chi connectivity index (χ4v) is 2.39. The van der Waals surface area contributed by atoms with E-state index in [1.807, 2.05) is 13.8 Å². The van der Waals surface area contributed by atoms with Crippen LogP contribution in [0, 0.1) is 13.8 Å². The van der Waals surface area contributed by atoms with Crippen LogP contribution in [0.2, 0.25) is 0 Å². The van der Waals surface area contributed by atoms with E-state index in [0.717, 1.165) is 23.6 Å². The summed E-state index contributed by atoms with van der Waals surface area (Å²) in [6, 6.07) is 0. The van der Waals surface area contributed by atoms with Crippen LogP contribution in [-0.2, 0) is 0 Å². The molecule has 1 aliphatic heterocycles. The Morgan fingerprint density at radius 3 is 1.75 bits per heavy atom. The monoisotopic (exact) mass is 337 g/mol.